The fourth-order valence-electron chi connectivity index (χ4n) is 7.17. The summed E-state index contributed by atoms with van der Waals surface area (Å²) >= 11 is 0. The minimum atomic E-state index is -4.82. The van der Waals surface area contributed by atoms with Gasteiger partial charge in [0.25, 0.3) is 11.8 Å². The number of carbonyl (C=O) groups is 2. The third-order valence-electron chi connectivity index (χ3n) is 9.70. The van der Waals surface area contributed by atoms with E-state index in [9.17, 15) is 31.5 Å². The van der Waals surface area contributed by atoms with Crippen LogP contribution < -0.4 is 10.2 Å². The van der Waals surface area contributed by atoms with Crippen molar-refractivity contribution in [2.45, 2.75) is 108 Å². The number of carbonyl (C=O) groups excluding carboxylic acids is 2. The molecule has 10 nitrogen and oxygen atoms in total. The lowest BCUT2D eigenvalue weighted by Gasteiger charge is -2.47. The first-order valence-corrected chi connectivity index (χ1v) is 16.3. The van der Waals surface area contributed by atoms with Crippen molar-refractivity contribution in [2.75, 3.05) is 16.8 Å². The van der Waals surface area contributed by atoms with Gasteiger partial charge in [-0.15, -0.1) is 10.2 Å². The van der Waals surface area contributed by atoms with Crippen LogP contribution in [0, 0.1) is 0 Å². The SMILES string of the molecule is CCNc1cc(C2(c3nncn3C)CC(F)(F)C2)cc(N2Cc3c(cc(CN(C(=O)OC(C)(C)C)C4(C)CCC4)cc3C(F)(F)F)C2=O)n1. The Balaban J connectivity index is 1.41. The van der Waals surface area contributed by atoms with Gasteiger partial charge in [-0.05, 0) is 94.8 Å². The van der Waals surface area contributed by atoms with Gasteiger partial charge in [0.05, 0.1) is 17.5 Å². The fraction of sp³-hybridized carbons (Fsp3) is 0.559. The number of hydrogen-bond acceptors (Lipinski definition) is 7. The number of rotatable bonds is 8. The number of halogens is 5. The van der Waals surface area contributed by atoms with Gasteiger partial charge >= 0.3 is 12.3 Å². The summed E-state index contributed by atoms with van der Waals surface area (Å²) in [6.45, 7) is 8.60. The topological polar surface area (TPSA) is 105 Å². The molecule has 2 amide bonds. The Labute approximate surface area is 281 Å². The highest BCUT2D eigenvalue weighted by molar-refractivity contribution is 6.10. The highest BCUT2D eigenvalue weighted by Crippen LogP contribution is 2.57. The molecule has 49 heavy (non-hydrogen) atoms. The average Bonchev–Trinajstić information content (AvgIpc) is 3.54. The van der Waals surface area contributed by atoms with Crippen molar-refractivity contribution >= 4 is 23.6 Å². The smallest absolute Gasteiger partial charge is 0.416 e. The number of pyridine rings is 1. The summed E-state index contributed by atoms with van der Waals surface area (Å²) in [5.41, 5.74) is -3.56. The van der Waals surface area contributed by atoms with E-state index in [0.29, 0.717) is 30.8 Å². The lowest BCUT2D eigenvalue weighted by atomic mass is 9.61. The predicted octanol–water partition coefficient (Wildman–Crippen LogP) is 7.22. The molecule has 0 unspecified atom stereocenters. The Morgan fingerprint density at radius 2 is 1.80 bits per heavy atom. The van der Waals surface area contributed by atoms with Gasteiger partial charge in [-0.2, -0.15) is 13.2 Å². The van der Waals surface area contributed by atoms with Gasteiger partial charge < -0.3 is 14.6 Å². The summed E-state index contributed by atoms with van der Waals surface area (Å²) < 4.78 is 80.3. The molecule has 1 N–H and O–H groups in total. The molecule has 3 heterocycles. The van der Waals surface area contributed by atoms with Crippen molar-refractivity contribution in [1.82, 2.24) is 24.6 Å². The molecule has 6 rings (SSSR count). The van der Waals surface area contributed by atoms with Crippen LogP contribution in [-0.2, 0) is 36.5 Å². The third kappa shape index (κ3) is 6.31. The molecule has 2 aliphatic carbocycles. The molecule has 3 aromatic rings. The third-order valence-corrected chi connectivity index (χ3v) is 9.70. The van der Waals surface area contributed by atoms with Gasteiger partial charge in [0, 0.05) is 44.1 Å². The Morgan fingerprint density at radius 1 is 1.10 bits per heavy atom. The number of anilines is 2. The van der Waals surface area contributed by atoms with Crippen molar-refractivity contribution in [3.63, 3.8) is 0 Å². The summed E-state index contributed by atoms with van der Waals surface area (Å²) in [6.07, 6.45) is -3.00. The molecule has 0 spiro atoms. The number of amides is 2. The maximum Gasteiger partial charge on any atom is 0.416 e. The molecule has 0 radical (unpaired) electrons. The molecule has 0 atom stereocenters. The molecular weight excluding hydrogens is 649 g/mol. The quantitative estimate of drug-likeness (QED) is 0.249. The number of alkyl halides is 5. The number of aromatic nitrogens is 4. The van der Waals surface area contributed by atoms with Gasteiger partial charge in [-0.3, -0.25) is 14.6 Å². The number of nitrogens with one attached hydrogen (secondary N) is 1. The number of fused-ring (bicyclic) bond motifs is 1. The van der Waals surface area contributed by atoms with Crippen molar-refractivity contribution in [2.24, 2.45) is 7.05 Å². The molecule has 1 aromatic carbocycles. The Kier molecular flexibility index (Phi) is 8.22. The summed E-state index contributed by atoms with van der Waals surface area (Å²) in [7, 11) is 1.65. The van der Waals surface area contributed by atoms with E-state index in [0.717, 1.165) is 17.4 Å². The van der Waals surface area contributed by atoms with Crippen LogP contribution in [0.4, 0.5) is 38.4 Å². The van der Waals surface area contributed by atoms with E-state index in [4.69, 9.17) is 4.74 Å². The minimum Gasteiger partial charge on any atom is -0.444 e. The van der Waals surface area contributed by atoms with E-state index >= 15 is 0 Å². The van der Waals surface area contributed by atoms with Gasteiger partial charge in [-0.25, -0.2) is 18.6 Å². The van der Waals surface area contributed by atoms with Crippen molar-refractivity contribution in [3.8, 4) is 0 Å². The summed E-state index contributed by atoms with van der Waals surface area (Å²) in [6, 6.07) is 5.47. The second-order valence-corrected chi connectivity index (χ2v) is 14.7. The van der Waals surface area contributed by atoms with Crippen LogP contribution in [0.3, 0.4) is 0 Å². The second-order valence-electron chi connectivity index (χ2n) is 14.7. The van der Waals surface area contributed by atoms with Crippen molar-refractivity contribution in [3.05, 3.63) is 64.2 Å². The summed E-state index contributed by atoms with van der Waals surface area (Å²) in [5.74, 6) is -3.12. The number of ether oxygens (including phenoxy) is 1. The molecule has 2 aromatic heterocycles. The zero-order valence-corrected chi connectivity index (χ0v) is 28.3. The monoisotopic (exact) mass is 689 g/mol. The molecule has 15 heteroatoms. The van der Waals surface area contributed by atoms with E-state index in [1.165, 1.54) is 23.4 Å². The van der Waals surface area contributed by atoms with E-state index in [-0.39, 0.29) is 34.9 Å². The van der Waals surface area contributed by atoms with Crippen LogP contribution in [0.5, 0.6) is 0 Å². The maximum atomic E-state index is 14.7. The molecule has 2 fully saturated rings. The highest BCUT2D eigenvalue weighted by atomic mass is 19.4. The molecule has 1 aliphatic heterocycles. The zero-order chi connectivity index (χ0) is 35.7. The first-order chi connectivity index (χ1) is 22.8. The van der Waals surface area contributed by atoms with E-state index in [2.05, 4.69) is 20.5 Å². The second kappa shape index (κ2) is 11.7. The van der Waals surface area contributed by atoms with Crippen LogP contribution in [0.2, 0.25) is 0 Å². The predicted molar refractivity (Wildman–Crippen MR) is 170 cm³/mol. The van der Waals surface area contributed by atoms with E-state index in [1.807, 2.05) is 13.8 Å². The molecule has 2 saturated carbocycles. The average molecular weight is 690 g/mol. The van der Waals surface area contributed by atoms with Crippen LogP contribution in [0.25, 0.3) is 0 Å². The Morgan fingerprint density at radius 3 is 2.33 bits per heavy atom. The minimum absolute atomic E-state index is 0.0124. The van der Waals surface area contributed by atoms with Gasteiger partial charge in [-0.1, -0.05) is 0 Å². The molecule has 3 aliphatic rings. The van der Waals surface area contributed by atoms with Gasteiger partial charge in [0.1, 0.15) is 29.4 Å². The standard InChI is InChI=1S/C34H40F5N7O3/c1-7-40-25-13-21(32(17-33(35,36)18-32)28-43-41-19-44(28)6)14-26(42-25)45-16-23-22(27(45)47)11-20(12-24(23)34(37,38)39)15-46(31(5)9-8-10-31)29(48)49-30(2,3)4/h11-14,19H,7-10,15-18H2,1-6H3,(H,40,42). The highest BCUT2D eigenvalue weighted by Gasteiger charge is 2.61. The lowest BCUT2D eigenvalue weighted by Crippen LogP contribution is -2.54. The number of nitrogens with zero attached hydrogens (tertiary/aromatic N) is 6. The van der Waals surface area contributed by atoms with Crippen LogP contribution in [0.1, 0.15) is 105 Å². The zero-order valence-electron chi connectivity index (χ0n) is 28.3. The van der Waals surface area contributed by atoms with Crippen LogP contribution in [0.15, 0.2) is 30.6 Å². The largest absolute Gasteiger partial charge is 0.444 e. The molecule has 0 saturated heterocycles. The number of benzene rings is 1. The summed E-state index contributed by atoms with van der Waals surface area (Å²) in [5, 5.41) is 11.1. The van der Waals surface area contributed by atoms with Crippen LogP contribution >= 0.6 is 0 Å². The fourth-order valence-corrected chi connectivity index (χ4v) is 7.17. The Hall–Kier alpha value is -4.30. The van der Waals surface area contributed by atoms with E-state index in [1.54, 1.807) is 38.5 Å². The number of aryl methyl sites for hydroxylation is 1. The van der Waals surface area contributed by atoms with Gasteiger partial charge in [0.15, 0.2) is 0 Å². The Bertz CT molecular complexity index is 1790. The van der Waals surface area contributed by atoms with Crippen molar-refractivity contribution in [1.29, 1.82) is 0 Å². The molecule has 0 bridgehead atoms. The van der Waals surface area contributed by atoms with E-state index < -0.39 is 65.6 Å². The van der Waals surface area contributed by atoms with Crippen molar-refractivity contribution < 1.29 is 36.3 Å². The molecule has 264 valence electrons. The number of hydrogen-bond donors (Lipinski definition) is 1. The lowest BCUT2D eigenvalue weighted by molar-refractivity contribution is -0.138. The normalized spacial score (nSPS) is 19.2. The first-order valence-electron chi connectivity index (χ1n) is 16.3. The molecular formula is C34H40F5N7O3. The van der Waals surface area contributed by atoms with Gasteiger partial charge in [0.2, 0.25) is 0 Å². The maximum absolute atomic E-state index is 14.7. The van der Waals surface area contributed by atoms with Crippen LogP contribution in [-0.4, -0.2) is 60.3 Å². The first kappa shape index (κ1) is 34.6. The summed E-state index contributed by atoms with van der Waals surface area (Å²) in [4.78, 5) is 34.5.